The van der Waals surface area contributed by atoms with Crippen molar-refractivity contribution in [3.05, 3.63) is 81.8 Å². The average Bonchev–Trinajstić information content (AvgIpc) is 3.32. The van der Waals surface area contributed by atoms with Crippen LogP contribution in [0.3, 0.4) is 0 Å². The second-order valence-electron chi connectivity index (χ2n) is 7.69. The van der Waals surface area contributed by atoms with Crippen LogP contribution in [0.4, 0.5) is 0 Å². The van der Waals surface area contributed by atoms with E-state index in [2.05, 4.69) is 9.97 Å². The van der Waals surface area contributed by atoms with Crippen LogP contribution in [0, 0.1) is 0 Å². The monoisotopic (exact) mass is 478 g/mol. The Morgan fingerprint density at radius 3 is 2.35 bits per heavy atom. The Hall–Kier alpha value is -3.59. The molecule has 1 unspecified atom stereocenters. The molecule has 0 saturated carbocycles. The maximum absolute atomic E-state index is 13.3. The molecule has 4 rings (SSSR count). The van der Waals surface area contributed by atoms with Crippen LogP contribution < -0.4 is 15.0 Å². The van der Waals surface area contributed by atoms with Gasteiger partial charge in [-0.2, -0.15) is 5.10 Å². The molecule has 9 heteroatoms. The molecule has 0 aliphatic carbocycles. The number of aromatic amines is 1. The fourth-order valence-electron chi connectivity index (χ4n) is 3.71. The highest BCUT2D eigenvalue weighted by Gasteiger charge is 2.33. The molecule has 176 valence electrons. The van der Waals surface area contributed by atoms with Crippen molar-refractivity contribution in [3.63, 3.8) is 0 Å². The molecule has 1 aliphatic rings. The molecule has 0 bridgehead atoms. The predicted octanol–water partition coefficient (Wildman–Crippen LogP) is 3.82. The summed E-state index contributed by atoms with van der Waals surface area (Å²) in [7, 11) is 3.24. The van der Waals surface area contributed by atoms with Gasteiger partial charge in [0, 0.05) is 18.2 Å². The number of carbonyl (C=O) groups is 1. The Kier molecular flexibility index (Phi) is 7.32. The number of H-pyrrole nitrogens is 1. The minimum absolute atomic E-state index is 0.0994. The lowest BCUT2D eigenvalue weighted by Gasteiger charge is -2.22. The number of rotatable bonds is 8. The van der Waals surface area contributed by atoms with Gasteiger partial charge in [-0.3, -0.25) is 9.59 Å². The number of hydrazone groups is 1. The normalized spacial score (nSPS) is 15.2. The van der Waals surface area contributed by atoms with Gasteiger partial charge in [0.15, 0.2) is 5.16 Å². The summed E-state index contributed by atoms with van der Waals surface area (Å²) in [6, 6.07) is 16.5. The number of hydrogen-bond donors (Lipinski definition) is 1. The number of carbonyl (C=O) groups excluding carboxylic acids is 1. The summed E-state index contributed by atoms with van der Waals surface area (Å²) in [5.41, 5.74) is 3.19. The summed E-state index contributed by atoms with van der Waals surface area (Å²) < 4.78 is 10.5. The van der Waals surface area contributed by atoms with Crippen molar-refractivity contribution in [2.75, 3.05) is 20.0 Å². The maximum Gasteiger partial charge on any atom is 0.253 e. The lowest BCUT2D eigenvalue weighted by molar-refractivity contribution is -0.130. The van der Waals surface area contributed by atoms with E-state index in [1.54, 1.807) is 14.2 Å². The number of aromatic nitrogens is 2. The van der Waals surface area contributed by atoms with E-state index < -0.39 is 0 Å². The standard InChI is InChI=1S/C25H26N4O4S/c1-4-18-13-23(30)27-25(26-18)34-15-24(31)29-22(17-7-11-20(33-3)12-8-17)14-21(28-29)16-5-9-19(32-2)10-6-16/h5-13,22H,4,14-15H2,1-3H3,(H,26,27,30). The van der Waals surface area contributed by atoms with Crippen molar-refractivity contribution in [3.8, 4) is 11.5 Å². The molecular formula is C25H26N4O4S. The highest BCUT2D eigenvalue weighted by molar-refractivity contribution is 7.99. The first kappa shape index (κ1) is 23.6. The summed E-state index contributed by atoms with van der Waals surface area (Å²) in [5.74, 6) is 1.44. The van der Waals surface area contributed by atoms with Gasteiger partial charge in [0.25, 0.3) is 11.5 Å². The van der Waals surface area contributed by atoms with Gasteiger partial charge in [0.1, 0.15) is 11.5 Å². The van der Waals surface area contributed by atoms with Gasteiger partial charge in [-0.15, -0.1) is 0 Å². The van der Waals surface area contributed by atoms with E-state index in [1.165, 1.54) is 22.8 Å². The van der Waals surface area contributed by atoms with E-state index in [9.17, 15) is 9.59 Å². The zero-order valence-electron chi connectivity index (χ0n) is 19.3. The summed E-state index contributed by atoms with van der Waals surface area (Å²) >= 11 is 1.20. The quantitative estimate of drug-likeness (QED) is 0.391. The van der Waals surface area contributed by atoms with E-state index in [1.807, 2.05) is 55.5 Å². The van der Waals surface area contributed by atoms with Crippen LogP contribution in [0.25, 0.3) is 0 Å². The lowest BCUT2D eigenvalue weighted by atomic mass is 9.98. The van der Waals surface area contributed by atoms with Gasteiger partial charge in [-0.1, -0.05) is 30.8 Å². The molecule has 1 aromatic heterocycles. The molecule has 0 fully saturated rings. The highest BCUT2D eigenvalue weighted by Crippen LogP contribution is 2.34. The van der Waals surface area contributed by atoms with E-state index in [-0.39, 0.29) is 23.3 Å². The number of amides is 1. The number of nitrogens with one attached hydrogen (secondary N) is 1. The number of ether oxygens (including phenoxy) is 2. The van der Waals surface area contributed by atoms with Crippen LogP contribution >= 0.6 is 11.8 Å². The lowest BCUT2D eigenvalue weighted by Crippen LogP contribution is -2.28. The van der Waals surface area contributed by atoms with Crippen LogP contribution in [-0.2, 0) is 11.2 Å². The van der Waals surface area contributed by atoms with Crippen LogP contribution in [0.1, 0.15) is 36.2 Å². The van der Waals surface area contributed by atoms with Crippen molar-refractivity contribution < 1.29 is 14.3 Å². The maximum atomic E-state index is 13.3. The molecule has 1 N–H and O–H groups in total. The van der Waals surface area contributed by atoms with Gasteiger partial charge in [0.2, 0.25) is 0 Å². The van der Waals surface area contributed by atoms with Crippen molar-refractivity contribution in [1.82, 2.24) is 15.0 Å². The second kappa shape index (κ2) is 10.6. The zero-order chi connectivity index (χ0) is 24.1. The predicted molar refractivity (Wildman–Crippen MR) is 132 cm³/mol. The largest absolute Gasteiger partial charge is 0.497 e. The molecule has 2 aromatic carbocycles. The molecule has 2 heterocycles. The summed E-state index contributed by atoms with van der Waals surface area (Å²) in [6.07, 6.45) is 1.22. The number of aryl methyl sites for hydroxylation is 1. The summed E-state index contributed by atoms with van der Waals surface area (Å²) in [6.45, 7) is 1.93. The minimum atomic E-state index is -0.245. The second-order valence-corrected chi connectivity index (χ2v) is 8.65. The van der Waals surface area contributed by atoms with E-state index >= 15 is 0 Å². The number of hydrogen-bond acceptors (Lipinski definition) is 7. The topological polar surface area (TPSA) is 96.9 Å². The van der Waals surface area contributed by atoms with Crippen LogP contribution in [0.15, 0.2) is 69.6 Å². The third-order valence-electron chi connectivity index (χ3n) is 5.56. The van der Waals surface area contributed by atoms with Gasteiger partial charge in [0.05, 0.1) is 31.7 Å². The van der Waals surface area contributed by atoms with Crippen LogP contribution in [0.2, 0.25) is 0 Å². The van der Waals surface area contributed by atoms with Crippen molar-refractivity contribution in [2.45, 2.75) is 31.0 Å². The molecule has 1 amide bonds. The molecule has 34 heavy (non-hydrogen) atoms. The van der Waals surface area contributed by atoms with Crippen molar-refractivity contribution in [2.24, 2.45) is 5.10 Å². The van der Waals surface area contributed by atoms with Gasteiger partial charge >= 0.3 is 0 Å². The Balaban J connectivity index is 1.58. The number of nitrogens with zero attached hydrogens (tertiary/aromatic N) is 3. The van der Waals surface area contributed by atoms with Crippen molar-refractivity contribution >= 4 is 23.4 Å². The molecule has 1 atom stereocenters. The Morgan fingerprint density at radius 2 is 1.74 bits per heavy atom. The van der Waals surface area contributed by atoms with Crippen LogP contribution in [-0.4, -0.2) is 46.6 Å². The molecular weight excluding hydrogens is 452 g/mol. The highest BCUT2D eigenvalue weighted by atomic mass is 32.2. The van der Waals surface area contributed by atoms with E-state index in [0.29, 0.717) is 23.7 Å². The molecule has 8 nitrogen and oxygen atoms in total. The van der Waals surface area contributed by atoms with E-state index in [4.69, 9.17) is 14.6 Å². The number of methoxy groups -OCH3 is 2. The molecule has 0 spiro atoms. The van der Waals surface area contributed by atoms with E-state index in [0.717, 1.165) is 28.3 Å². The molecule has 0 radical (unpaired) electrons. The first-order chi connectivity index (χ1) is 16.5. The Morgan fingerprint density at radius 1 is 1.09 bits per heavy atom. The van der Waals surface area contributed by atoms with Gasteiger partial charge in [-0.05, 0) is 53.9 Å². The van der Waals surface area contributed by atoms with Crippen molar-refractivity contribution in [1.29, 1.82) is 0 Å². The Bertz CT molecular complexity index is 1240. The fourth-order valence-corrected chi connectivity index (χ4v) is 4.46. The number of thioether (sulfide) groups is 1. The minimum Gasteiger partial charge on any atom is -0.497 e. The first-order valence-corrected chi connectivity index (χ1v) is 11.9. The molecule has 0 saturated heterocycles. The SMILES string of the molecule is CCc1cc(=O)[nH]c(SCC(=O)N2N=C(c3ccc(OC)cc3)CC2c2ccc(OC)cc2)n1. The number of benzene rings is 2. The Labute approximate surface area is 202 Å². The van der Waals surface area contributed by atoms with Gasteiger partial charge in [-0.25, -0.2) is 9.99 Å². The first-order valence-electron chi connectivity index (χ1n) is 10.9. The summed E-state index contributed by atoms with van der Waals surface area (Å²) in [4.78, 5) is 32.2. The smallest absolute Gasteiger partial charge is 0.253 e. The zero-order valence-corrected chi connectivity index (χ0v) is 20.1. The molecule has 1 aliphatic heterocycles. The average molecular weight is 479 g/mol. The molecule has 3 aromatic rings. The summed E-state index contributed by atoms with van der Waals surface area (Å²) in [5, 5.41) is 6.67. The fraction of sp³-hybridized carbons (Fsp3) is 0.280. The van der Waals surface area contributed by atoms with Gasteiger partial charge < -0.3 is 14.5 Å². The third kappa shape index (κ3) is 5.31. The third-order valence-corrected chi connectivity index (χ3v) is 6.42. The van der Waals surface area contributed by atoms with Crippen LogP contribution in [0.5, 0.6) is 11.5 Å².